The number of aromatic nitrogens is 3. The quantitative estimate of drug-likeness (QED) is 0.733. The summed E-state index contributed by atoms with van der Waals surface area (Å²) in [5, 5.41) is 5.04. The van der Waals surface area contributed by atoms with Crippen molar-refractivity contribution in [3.63, 3.8) is 0 Å². The summed E-state index contributed by atoms with van der Waals surface area (Å²) in [6.07, 6.45) is 0.887. The average Bonchev–Trinajstić information content (AvgIpc) is 2.61. The molecule has 0 saturated heterocycles. The minimum atomic E-state index is 0.396. The summed E-state index contributed by atoms with van der Waals surface area (Å²) < 4.78 is 1.69. The van der Waals surface area contributed by atoms with E-state index in [9.17, 15) is 0 Å². The third-order valence-corrected chi connectivity index (χ3v) is 2.68. The van der Waals surface area contributed by atoms with Crippen molar-refractivity contribution in [1.82, 2.24) is 14.6 Å². The van der Waals surface area contributed by atoms with Crippen LogP contribution in [0.2, 0.25) is 5.15 Å². The molecule has 80 valence electrons. The molecule has 0 bridgehead atoms. The zero-order valence-electron chi connectivity index (χ0n) is 9.16. The Kier molecular flexibility index (Phi) is 2.65. The highest BCUT2D eigenvalue weighted by Gasteiger charge is 2.09. The third kappa shape index (κ3) is 1.84. The van der Waals surface area contributed by atoms with Crippen LogP contribution in [0.25, 0.3) is 5.65 Å². The monoisotopic (exact) mass is 223 g/mol. The molecular formula is C11H14ClN3. The Morgan fingerprint density at radius 2 is 2.13 bits per heavy atom. The van der Waals surface area contributed by atoms with Crippen molar-refractivity contribution in [3.05, 3.63) is 28.7 Å². The Balaban J connectivity index is 2.64. The Hall–Kier alpha value is -1.09. The first-order valence-electron chi connectivity index (χ1n) is 5.17. The van der Waals surface area contributed by atoms with Crippen molar-refractivity contribution < 1.29 is 0 Å². The fourth-order valence-electron chi connectivity index (χ4n) is 1.47. The highest BCUT2D eigenvalue weighted by atomic mass is 35.5. The Morgan fingerprint density at radius 1 is 1.40 bits per heavy atom. The molecule has 4 heteroatoms. The lowest BCUT2D eigenvalue weighted by Crippen LogP contribution is -1.96. The predicted molar refractivity (Wildman–Crippen MR) is 61.5 cm³/mol. The number of halogens is 1. The van der Waals surface area contributed by atoms with E-state index in [-0.39, 0.29) is 0 Å². The summed E-state index contributed by atoms with van der Waals surface area (Å²) >= 11 is 6.12. The van der Waals surface area contributed by atoms with E-state index in [1.54, 1.807) is 4.52 Å². The molecule has 0 radical (unpaired) electrons. The fraction of sp³-hybridized carbons (Fsp3) is 0.455. The van der Waals surface area contributed by atoms with Gasteiger partial charge in [-0.15, -0.1) is 0 Å². The van der Waals surface area contributed by atoms with Crippen LogP contribution in [0.4, 0.5) is 0 Å². The van der Waals surface area contributed by atoms with Crippen LogP contribution in [0.15, 0.2) is 12.1 Å². The van der Waals surface area contributed by atoms with Gasteiger partial charge in [-0.05, 0) is 18.4 Å². The molecule has 2 aromatic rings. The first kappa shape index (κ1) is 10.4. The molecule has 0 aliphatic rings. The maximum atomic E-state index is 6.12. The number of hydrogen-bond acceptors (Lipinski definition) is 2. The van der Waals surface area contributed by atoms with Crippen molar-refractivity contribution in [2.24, 2.45) is 0 Å². The van der Waals surface area contributed by atoms with Crippen LogP contribution in [0.5, 0.6) is 0 Å². The molecule has 0 aliphatic carbocycles. The standard InChI is InChI=1S/C11H14ClN3/c1-4-8-5-10(12)15-11(13-8)6-9(14-15)7(2)3/h5-7H,4H2,1-3H3. The molecule has 0 saturated carbocycles. The topological polar surface area (TPSA) is 30.2 Å². The van der Waals surface area contributed by atoms with E-state index in [0.29, 0.717) is 11.1 Å². The normalized spacial score (nSPS) is 11.5. The van der Waals surface area contributed by atoms with Gasteiger partial charge in [-0.3, -0.25) is 0 Å². The van der Waals surface area contributed by atoms with Crippen molar-refractivity contribution in [3.8, 4) is 0 Å². The smallest absolute Gasteiger partial charge is 0.157 e. The molecule has 0 N–H and O–H groups in total. The predicted octanol–water partition coefficient (Wildman–Crippen LogP) is 3.07. The van der Waals surface area contributed by atoms with Crippen LogP contribution in [0, 0.1) is 0 Å². The minimum absolute atomic E-state index is 0.396. The Morgan fingerprint density at radius 3 is 2.73 bits per heavy atom. The van der Waals surface area contributed by atoms with Crippen LogP contribution in [0.1, 0.15) is 38.1 Å². The van der Waals surface area contributed by atoms with Gasteiger partial charge in [-0.25, -0.2) is 9.50 Å². The van der Waals surface area contributed by atoms with Crippen LogP contribution >= 0.6 is 11.6 Å². The second-order valence-electron chi connectivity index (χ2n) is 3.92. The highest BCUT2D eigenvalue weighted by molar-refractivity contribution is 6.29. The zero-order chi connectivity index (χ0) is 11.0. The number of aryl methyl sites for hydroxylation is 1. The maximum absolute atomic E-state index is 6.12. The molecule has 2 rings (SSSR count). The largest absolute Gasteiger partial charge is 0.233 e. The van der Waals surface area contributed by atoms with E-state index in [2.05, 4.69) is 30.9 Å². The molecule has 0 fully saturated rings. The zero-order valence-corrected chi connectivity index (χ0v) is 9.91. The lowest BCUT2D eigenvalue weighted by Gasteiger charge is -1.99. The van der Waals surface area contributed by atoms with Crippen molar-refractivity contribution >= 4 is 17.2 Å². The van der Waals surface area contributed by atoms with Crippen molar-refractivity contribution in [1.29, 1.82) is 0 Å². The number of rotatable bonds is 2. The van der Waals surface area contributed by atoms with Crippen molar-refractivity contribution in [2.75, 3.05) is 0 Å². The third-order valence-electron chi connectivity index (χ3n) is 2.41. The average molecular weight is 224 g/mol. The lowest BCUT2D eigenvalue weighted by atomic mass is 10.1. The van der Waals surface area contributed by atoms with E-state index in [1.807, 2.05) is 12.1 Å². The SMILES string of the molecule is CCc1cc(Cl)n2nc(C(C)C)cc2n1. The summed E-state index contributed by atoms with van der Waals surface area (Å²) in [6.45, 7) is 6.28. The Labute approximate surface area is 94.1 Å². The summed E-state index contributed by atoms with van der Waals surface area (Å²) in [7, 11) is 0. The molecule has 0 atom stereocenters. The van der Waals surface area contributed by atoms with Gasteiger partial charge in [0, 0.05) is 11.8 Å². The summed E-state index contributed by atoms with van der Waals surface area (Å²) in [5.74, 6) is 0.396. The van der Waals surface area contributed by atoms with Gasteiger partial charge in [0.05, 0.1) is 5.69 Å². The number of hydrogen-bond donors (Lipinski definition) is 0. The molecule has 15 heavy (non-hydrogen) atoms. The van der Waals surface area contributed by atoms with Crippen molar-refractivity contribution in [2.45, 2.75) is 33.1 Å². The maximum Gasteiger partial charge on any atom is 0.157 e. The second-order valence-corrected chi connectivity index (χ2v) is 4.30. The molecule has 0 spiro atoms. The lowest BCUT2D eigenvalue weighted by molar-refractivity contribution is 0.785. The van der Waals surface area contributed by atoms with Crippen LogP contribution in [-0.2, 0) is 6.42 Å². The first-order valence-corrected chi connectivity index (χ1v) is 5.54. The van der Waals surface area contributed by atoms with Crippen LogP contribution in [-0.4, -0.2) is 14.6 Å². The second kappa shape index (κ2) is 3.81. The van der Waals surface area contributed by atoms with E-state index < -0.39 is 0 Å². The summed E-state index contributed by atoms with van der Waals surface area (Å²) in [5.41, 5.74) is 2.86. The number of fused-ring (bicyclic) bond motifs is 1. The molecule has 0 unspecified atom stereocenters. The molecule has 2 heterocycles. The van der Waals surface area contributed by atoms with Gasteiger partial charge in [0.2, 0.25) is 0 Å². The molecule has 0 aromatic carbocycles. The molecular weight excluding hydrogens is 210 g/mol. The van der Waals surface area contributed by atoms with Gasteiger partial charge in [0.15, 0.2) is 5.65 Å². The van der Waals surface area contributed by atoms with E-state index in [4.69, 9.17) is 11.6 Å². The molecule has 2 aromatic heterocycles. The molecule has 0 amide bonds. The van der Waals surface area contributed by atoms with E-state index in [1.165, 1.54) is 0 Å². The minimum Gasteiger partial charge on any atom is -0.233 e. The van der Waals surface area contributed by atoms with Gasteiger partial charge in [-0.1, -0.05) is 32.4 Å². The fourth-order valence-corrected chi connectivity index (χ4v) is 1.72. The van der Waals surface area contributed by atoms with Gasteiger partial charge >= 0.3 is 0 Å². The highest BCUT2D eigenvalue weighted by Crippen LogP contribution is 2.18. The summed E-state index contributed by atoms with van der Waals surface area (Å²) in [6, 6.07) is 3.86. The molecule has 0 aliphatic heterocycles. The number of nitrogens with zero attached hydrogens (tertiary/aromatic N) is 3. The van der Waals surface area contributed by atoms with Gasteiger partial charge in [-0.2, -0.15) is 5.10 Å². The Bertz CT molecular complexity index is 488. The van der Waals surface area contributed by atoms with Gasteiger partial charge < -0.3 is 0 Å². The first-order chi connectivity index (χ1) is 7.11. The van der Waals surface area contributed by atoms with E-state index in [0.717, 1.165) is 23.5 Å². The van der Waals surface area contributed by atoms with Crippen LogP contribution < -0.4 is 0 Å². The van der Waals surface area contributed by atoms with Gasteiger partial charge in [0.25, 0.3) is 0 Å². The molecule has 3 nitrogen and oxygen atoms in total. The van der Waals surface area contributed by atoms with Crippen LogP contribution in [0.3, 0.4) is 0 Å². The van der Waals surface area contributed by atoms with E-state index >= 15 is 0 Å². The van der Waals surface area contributed by atoms with Gasteiger partial charge in [0.1, 0.15) is 5.15 Å². The summed E-state index contributed by atoms with van der Waals surface area (Å²) in [4.78, 5) is 4.47.